The number of carbonyl (C=O) groups excluding carboxylic acids is 2. The molecular weight excluding hydrogens is 466 g/mol. The number of aromatic nitrogens is 3. The molecule has 2 amide bonds. The number of rotatable bonds is 10. The third-order valence-electron chi connectivity index (χ3n) is 5.18. The fourth-order valence-corrected chi connectivity index (χ4v) is 3.90. The van der Waals surface area contributed by atoms with Crippen LogP contribution in [-0.2, 0) is 23.2 Å². The van der Waals surface area contributed by atoms with Crippen LogP contribution in [0.5, 0.6) is 11.5 Å². The zero-order valence-electron chi connectivity index (χ0n) is 20.4. The third kappa shape index (κ3) is 7.10. The van der Waals surface area contributed by atoms with Gasteiger partial charge in [-0.25, -0.2) is 0 Å². The average Bonchev–Trinajstić information content (AvgIpc) is 3.21. The number of hydrogen-bond donors (Lipinski definition) is 2. The minimum atomic E-state index is -0.273. The van der Waals surface area contributed by atoms with Crippen LogP contribution in [0.15, 0.2) is 47.6 Å². The largest absolute Gasteiger partial charge is 0.493 e. The second-order valence-corrected chi connectivity index (χ2v) is 8.72. The van der Waals surface area contributed by atoms with E-state index in [-0.39, 0.29) is 24.1 Å². The van der Waals surface area contributed by atoms with Crippen molar-refractivity contribution in [3.8, 4) is 11.5 Å². The van der Waals surface area contributed by atoms with Gasteiger partial charge in [0.2, 0.25) is 11.8 Å². The van der Waals surface area contributed by atoms with Crippen LogP contribution in [0.3, 0.4) is 0 Å². The molecule has 0 aliphatic heterocycles. The van der Waals surface area contributed by atoms with E-state index in [1.54, 1.807) is 44.0 Å². The molecule has 2 N–H and O–H groups in total. The number of benzene rings is 2. The minimum Gasteiger partial charge on any atom is -0.493 e. The van der Waals surface area contributed by atoms with Crippen molar-refractivity contribution in [1.82, 2.24) is 20.1 Å². The SMILES string of the molecule is COc1ccc(/C=C/C(=O)NCc2nnc(SCC(=O)Nc3cc(C)ccc3C)n2C)cc1OC. The summed E-state index contributed by atoms with van der Waals surface area (Å²) in [5.41, 5.74) is 3.69. The van der Waals surface area contributed by atoms with Gasteiger partial charge in [0.25, 0.3) is 0 Å². The van der Waals surface area contributed by atoms with E-state index in [9.17, 15) is 9.59 Å². The van der Waals surface area contributed by atoms with Gasteiger partial charge in [-0.05, 0) is 54.8 Å². The number of anilines is 1. The average molecular weight is 496 g/mol. The van der Waals surface area contributed by atoms with Crippen molar-refractivity contribution in [3.05, 3.63) is 65.0 Å². The van der Waals surface area contributed by atoms with Crippen molar-refractivity contribution in [2.45, 2.75) is 25.5 Å². The molecule has 0 fully saturated rings. The molecule has 0 atom stereocenters. The summed E-state index contributed by atoms with van der Waals surface area (Å²) in [5, 5.41) is 14.6. The van der Waals surface area contributed by atoms with Crippen molar-refractivity contribution in [3.63, 3.8) is 0 Å². The van der Waals surface area contributed by atoms with Crippen LogP contribution in [0.4, 0.5) is 5.69 Å². The molecule has 1 heterocycles. The monoisotopic (exact) mass is 495 g/mol. The lowest BCUT2D eigenvalue weighted by Gasteiger charge is -2.09. The first kappa shape index (κ1) is 25.8. The van der Waals surface area contributed by atoms with Crippen molar-refractivity contribution < 1.29 is 19.1 Å². The molecule has 9 nitrogen and oxygen atoms in total. The summed E-state index contributed by atoms with van der Waals surface area (Å²) in [6.07, 6.45) is 3.12. The van der Waals surface area contributed by atoms with Gasteiger partial charge in [-0.15, -0.1) is 10.2 Å². The van der Waals surface area contributed by atoms with Crippen LogP contribution < -0.4 is 20.1 Å². The zero-order chi connectivity index (χ0) is 25.4. The van der Waals surface area contributed by atoms with Gasteiger partial charge in [0.15, 0.2) is 22.5 Å². The Hall–Kier alpha value is -3.79. The van der Waals surface area contributed by atoms with E-state index in [4.69, 9.17) is 9.47 Å². The number of methoxy groups -OCH3 is 2. The van der Waals surface area contributed by atoms with E-state index in [1.165, 1.54) is 17.8 Å². The molecule has 3 aromatic rings. The van der Waals surface area contributed by atoms with Crippen LogP contribution in [0.1, 0.15) is 22.5 Å². The van der Waals surface area contributed by atoms with Gasteiger partial charge in [0, 0.05) is 18.8 Å². The molecule has 0 aliphatic rings. The zero-order valence-corrected chi connectivity index (χ0v) is 21.2. The summed E-state index contributed by atoms with van der Waals surface area (Å²) in [5.74, 6) is 1.58. The molecule has 0 saturated heterocycles. The first-order valence-corrected chi connectivity index (χ1v) is 11.9. The van der Waals surface area contributed by atoms with Crippen LogP contribution in [0.25, 0.3) is 6.08 Å². The number of hydrogen-bond acceptors (Lipinski definition) is 7. The second-order valence-electron chi connectivity index (χ2n) is 7.78. The summed E-state index contributed by atoms with van der Waals surface area (Å²) < 4.78 is 12.2. The molecule has 0 aliphatic carbocycles. The normalized spacial score (nSPS) is 10.9. The molecule has 0 radical (unpaired) electrons. The molecule has 1 aromatic heterocycles. The number of carbonyl (C=O) groups is 2. The Kier molecular flexibility index (Phi) is 8.91. The maximum absolute atomic E-state index is 12.4. The number of nitrogens with zero attached hydrogens (tertiary/aromatic N) is 3. The molecule has 3 rings (SSSR count). The van der Waals surface area contributed by atoms with E-state index >= 15 is 0 Å². The Morgan fingerprint density at radius 2 is 1.83 bits per heavy atom. The summed E-state index contributed by atoms with van der Waals surface area (Å²) in [6.45, 7) is 4.14. The first-order valence-electron chi connectivity index (χ1n) is 10.9. The molecule has 0 saturated carbocycles. The molecule has 0 spiro atoms. The Morgan fingerprint density at radius 1 is 1.06 bits per heavy atom. The molecule has 184 valence electrons. The Balaban J connectivity index is 1.51. The number of aryl methyl sites for hydroxylation is 2. The van der Waals surface area contributed by atoms with Gasteiger partial charge in [-0.3, -0.25) is 9.59 Å². The highest BCUT2D eigenvalue weighted by molar-refractivity contribution is 7.99. The van der Waals surface area contributed by atoms with Gasteiger partial charge in [-0.2, -0.15) is 0 Å². The van der Waals surface area contributed by atoms with E-state index < -0.39 is 0 Å². The maximum Gasteiger partial charge on any atom is 0.244 e. The number of nitrogens with one attached hydrogen (secondary N) is 2. The van der Waals surface area contributed by atoms with E-state index in [0.29, 0.717) is 22.5 Å². The van der Waals surface area contributed by atoms with Crippen molar-refractivity contribution >= 4 is 35.3 Å². The van der Waals surface area contributed by atoms with Gasteiger partial charge >= 0.3 is 0 Å². The molecule has 10 heteroatoms. The summed E-state index contributed by atoms with van der Waals surface area (Å²) >= 11 is 1.28. The molecule has 0 bridgehead atoms. The highest BCUT2D eigenvalue weighted by atomic mass is 32.2. The van der Waals surface area contributed by atoms with E-state index in [2.05, 4.69) is 20.8 Å². The summed E-state index contributed by atoms with van der Waals surface area (Å²) in [4.78, 5) is 24.6. The lowest BCUT2D eigenvalue weighted by molar-refractivity contribution is -0.116. The van der Waals surface area contributed by atoms with Crippen LogP contribution in [0.2, 0.25) is 0 Å². The second kappa shape index (κ2) is 12.1. The van der Waals surface area contributed by atoms with Gasteiger partial charge in [0.1, 0.15) is 0 Å². The van der Waals surface area contributed by atoms with Crippen molar-refractivity contribution in [1.29, 1.82) is 0 Å². The van der Waals surface area contributed by atoms with Crippen molar-refractivity contribution in [2.75, 3.05) is 25.3 Å². The van der Waals surface area contributed by atoms with Crippen LogP contribution in [0, 0.1) is 13.8 Å². The summed E-state index contributed by atoms with van der Waals surface area (Å²) in [7, 11) is 4.92. The van der Waals surface area contributed by atoms with Gasteiger partial charge in [0.05, 0.1) is 26.5 Å². The highest BCUT2D eigenvalue weighted by Gasteiger charge is 2.13. The quantitative estimate of drug-likeness (QED) is 0.327. The van der Waals surface area contributed by atoms with Crippen LogP contribution >= 0.6 is 11.8 Å². The van der Waals surface area contributed by atoms with E-state index in [1.807, 2.05) is 38.1 Å². The van der Waals surface area contributed by atoms with Crippen LogP contribution in [-0.4, -0.2) is 46.6 Å². The highest BCUT2D eigenvalue weighted by Crippen LogP contribution is 2.28. The lowest BCUT2D eigenvalue weighted by atomic mass is 10.1. The Bertz CT molecular complexity index is 1240. The predicted molar refractivity (Wildman–Crippen MR) is 137 cm³/mol. The number of thioether (sulfide) groups is 1. The predicted octanol–water partition coefficient (Wildman–Crippen LogP) is 3.51. The molecular formula is C25H29N5O4S. The molecule has 0 unspecified atom stereocenters. The Labute approximate surface area is 208 Å². The fraction of sp³-hybridized carbons (Fsp3) is 0.280. The fourth-order valence-electron chi connectivity index (χ4n) is 3.17. The summed E-state index contributed by atoms with van der Waals surface area (Å²) in [6, 6.07) is 11.3. The standard InChI is InChI=1S/C25H29N5O4S/c1-16-6-7-17(2)19(12-16)27-24(32)15-35-25-29-28-22(30(25)3)14-26-23(31)11-9-18-8-10-20(33-4)21(13-18)34-5/h6-13H,14-15H2,1-5H3,(H,26,31)(H,27,32)/b11-9+. The molecule has 2 aromatic carbocycles. The number of ether oxygens (including phenoxy) is 2. The van der Waals surface area contributed by atoms with Crippen molar-refractivity contribution in [2.24, 2.45) is 7.05 Å². The van der Waals surface area contributed by atoms with Gasteiger partial charge in [-0.1, -0.05) is 30.0 Å². The first-order chi connectivity index (χ1) is 16.8. The van der Waals surface area contributed by atoms with Gasteiger partial charge < -0.3 is 24.7 Å². The Morgan fingerprint density at radius 3 is 2.57 bits per heavy atom. The third-order valence-corrected chi connectivity index (χ3v) is 6.20. The topological polar surface area (TPSA) is 107 Å². The van der Waals surface area contributed by atoms with E-state index in [0.717, 1.165) is 22.4 Å². The molecule has 35 heavy (non-hydrogen) atoms. The number of amides is 2. The maximum atomic E-state index is 12.4. The smallest absolute Gasteiger partial charge is 0.244 e. The minimum absolute atomic E-state index is 0.123. The lowest BCUT2D eigenvalue weighted by Crippen LogP contribution is -2.22.